The van der Waals surface area contributed by atoms with Crippen LogP contribution in [0.5, 0.6) is 11.5 Å². The highest BCUT2D eigenvalue weighted by Crippen LogP contribution is 2.62. The zero-order chi connectivity index (χ0) is 45.8. The van der Waals surface area contributed by atoms with Gasteiger partial charge in [0.25, 0.3) is 5.69 Å². The lowest BCUT2D eigenvalue weighted by atomic mass is 9.55. The molecule has 3 aromatic rings. The van der Waals surface area contributed by atoms with Gasteiger partial charge in [0, 0.05) is 67.9 Å². The van der Waals surface area contributed by atoms with Gasteiger partial charge in [0.05, 0.1) is 29.8 Å². The molecule has 65 heavy (non-hydrogen) atoms. The first-order chi connectivity index (χ1) is 31.7. The van der Waals surface area contributed by atoms with Gasteiger partial charge in [0.2, 0.25) is 18.0 Å². The fourth-order valence-corrected chi connectivity index (χ4v) is 10.1. The van der Waals surface area contributed by atoms with Gasteiger partial charge in [-0.05, 0) is 110 Å². The van der Waals surface area contributed by atoms with Gasteiger partial charge in [-0.1, -0.05) is 55.3 Å². The van der Waals surface area contributed by atoms with Crippen molar-refractivity contribution in [2.24, 2.45) is 22.9 Å². The van der Waals surface area contributed by atoms with Crippen LogP contribution in [0.2, 0.25) is 0 Å². The first-order valence-corrected chi connectivity index (χ1v) is 23.2. The Morgan fingerprint density at radius 1 is 1.06 bits per heavy atom. The Kier molecular flexibility index (Phi) is 16.6. The molecule has 0 aromatic heterocycles. The standard InChI is InChI=1S/C51H62FN3O10/c1-3-26-54(47(58)25-20-35-18-21-38(22-19-35)55(59)60)46-33-44(53-65-48-17-9-12-30-61-48)41-31-36(13-7-10-27-56)40(15-8-11-28-57)49-42-32-39(62-34-37-14-5-6-16-43(37)52)23-24-45(42)64-51(46,50(41)49)63-29-4-2/h4-6,14,16,18-25,31-32,36,40,46,48-50,56-57H,2-3,7-13,15,17,26-30,33-34H2,1H3. The molecule has 348 valence electrons. The third-order valence-corrected chi connectivity index (χ3v) is 13.1. The fourth-order valence-electron chi connectivity index (χ4n) is 10.1. The van der Waals surface area contributed by atoms with Crippen molar-refractivity contribution in [1.82, 2.24) is 4.90 Å². The first kappa shape index (κ1) is 47.5. The number of allylic oxidation sites excluding steroid dienone is 1. The summed E-state index contributed by atoms with van der Waals surface area (Å²) in [6, 6.07) is 17.5. The maximum absolute atomic E-state index is 14.8. The number of hydrogen-bond donors (Lipinski definition) is 2. The van der Waals surface area contributed by atoms with Gasteiger partial charge in [-0.25, -0.2) is 4.39 Å². The quantitative estimate of drug-likeness (QED) is 0.0327. The first-order valence-electron chi connectivity index (χ1n) is 23.2. The Bertz CT molecular complexity index is 2190. The number of carbonyl (C=O) groups excluding carboxylic acids is 1. The number of nitro benzene ring substituents is 1. The smallest absolute Gasteiger partial charge is 0.269 e. The third-order valence-electron chi connectivity index (χ3n) is 13.1. The van der Waals surface area contributed by atoms with Gasteiger partial charge < -0.3 is 38.9 Å². The van der Waals surface area contributed by atoms with Crippen molar-refractivity contribution in [1.29, 1.82) is 0 Å². The highest BCUT2D eigenvalue weighted by Gasteiger charge is 2.65. The molecule has 2 N–H and O–H groups in total. The summed E-state index contributed by atoms with van der Waals surface area (Å²) in [5, 5.41) is 36.2. The number of amides is 1. The number of oxime groups is 1. The number of hydrogen-bond acceptors (Lipinski definition) is 11. The number of non-ortho nitro benzene ring substituents is 1. The summed E-state index contributed by atoms with van der Waals surface area (Å²) in [6.45, 7) is 7.18. The molecule has 0 bridgehead atoms. The molecule has 0 spiro atoms. The molecule has 1 saturated carbocycles. The molecule has 2 heterocycles. The minimum Gasteiger partial charge on any atom is -0.489 e. The van der Waals surface area contributed by atoms with E-state index in [-0.39, 0.29) is 68.0 Å². The van der Waals surface area contributed by atoms with E-state index in [2.05, 4.69) is 12.7 Å². The number of unbranched alkanes of at least 4 members (excludes halogenated alkanes) is 2. The van der Waals surface area contributed by atoms with Crippen molar-refractivity contribution in [2.45, 2.75) is 108 Å². The number of aliphatic hydroxyl groups is 2. The molecule has 3 aromatic carbocycles. The zero-order valence-electron chi connectivity index (χ0n) is 37.2. The molecule has 0 radical (unpaired) electrons. The summed E-state index contributed by atoms with van der Waals surface area (Å²) in [4.78, 5) is 33.7. The number of rotatable bonds is 22. The van der Waals surface area contributed by atoms with Crippen molar-refractivity contribution in [3.8, 4) is 11.5 Å². The largest absolute Gasteiger partial charge is 0.489 e. The minimum atomic E-state index is -1.47. The lowest BCUT2D eigenvalue weighted by Gasteiger charge is -2.60. The number of nitro groups is 1. The van der Waals surface area contributed by atoms with Gasteiger partial charge in [-0.15, -0.1) is 6.58 Å². The van der Waals surface area contributed by atoms with E-state index >= 15 is 0 Å². The van der Waals surface area contributed by atoms with Crippen LogP contribution in [0.1, 0.15) is 100 Å². The normalized spacial score (nSPS) is 25.2. The van der Waals surface area contributed by atoms with Crippen molar-refractivity contribution < 1.29 is 48.1 Å². The third kappa shape index (κ3) is 11.0. The van der Waals surface area contributed by atoms with Crippen LogP contribution in [0.15, 0.2) is 102 Å². The van der Waals surface area contributed by atoms with Crippen molar-refractivity contribution >= 4 is 23.4 Å². The van der Waals surface area contributed by atoms with E-state index in [0.717, 1.165) is 49.7 Å². The van der Waals surface area contributed by atoms with Gasteiger partial charge in [0.1, 0.15) is 30.0 Å². The molecule has 7 atom stereocenters. The highest BCUT2D eigenvalue weighted by atomic mass is 19.1. The van der Waals surface area contributed by atoms with Crippen molar-refractivity contribution in [2.75, 3.05) is 33.0 Å². The molecule has 1 amide bonds. The average molecular weight is 896 g/mol. The molecule has 2 aliphatic heterocycles. The van der Waals surface area contributed by atoms with Crippen LogP contribution >= 0.6 is 0 Å². The van der Waals surface area contributed by atoms with Crippen LogP contribution in [0.25, 0.3) is 6.08 Å². The van der Waals surface area contributed by atoms with Crippen molar-refractivity contribution in [3.05, 3.63) is 130 Å². The summed E-state index contributed by atoms with van der Waals surface area (Å²) in [5.74, 6) is -1.84. The monoisotopic (exact) mass is 895 g/mol. The molecule has 7 rings (SSSR count). The van der Waals surface area contributed by atoms with Crippen molar-refractivity contribution in [3.63, 3.8) is 0 Å². The predicted molar refractivity (Wildman–Crippen MR) is 244 cm³/mol. The lowest BCUT2D eigenvalue weighted by Crippen LogP contribution is -2.70. The Hall–Kier alpha value is -5.41. The van der Waals surface area contributed by atoms with Gasteiger partial charge in [-0.2, -0.15) is 0 Å². The van der Waals surface area contributed by atoms with Crippen LogP contribution in [0.3, 0.4) is 0 Å². The summed E-state index contributed by atoms with van der Waals surface area (Å²) in [5.41, 5.74) is 3.43. The van der Waals surface area contributed by atoms with Gasteiger partial charge in [-0.3, -0.25) is 14.9 Å². The number of aliphatic hydroxyl groups excluding tert-OH is 2. The molecular formula is C51H62FN3O10. The molecule has 14 heteroatoms. The summed E-state index contributed by atoms with van der Waals surface area (Å²) in [6.07, 6.45) is 14.3. The zero-order valence-corrected chi connectivity index (χ0v) is 37.2. The minimum absolute atomic E-state index is 0.00915. The molecule has 7 unspecified atom stereocenters. The number of fused-ring (bicyclic) bond motifs is 2. The SMILES string of the molecule is C=CCOC12Oc3ccc(OCc4ccccc4F)cc3C3C(CCCCO)C(CCCCO)C=C(C(=NOC4CCCCO4)CC1N(CCC)C(=O)C=Cc1ccc([N+](=O)[O-])cc1)C32. The topological polar surface area (TPSA) is 162 Å². The Balaban J connectivity index is 1.40. The Morgan fingerprint density at radius 3 is 2.55 bits per heavy atom. The van der Waals surface area contributed by atoms with Crippen LogP contribution in [-0.2, 0) is 25.7 Å². The van der Waals surface area contributed by atoms with E-state index in [1.54, 1.807) is 47.4 Å². The van der Waals surface area contributed by atoms with E-state index in [9.17, 15) is 29.5 Å². The van der Waals surface area contributed by atoms with Crippen LogP contribution in [-0.4, -0.2) is 82.7 Å². The van der Waals surface area contributed by atoms with Crippen LogP contribution < -0.4 is 9.47 Å². The second kappa shape index (κ2) is 22.7. The molecule has 1 saturated heterocycles. The molecular weight excluding hydrogens is 834 g/mol. The van der Waals surface area contributed by atoms with E-state index in [0.29, 0.717) is 67.2 Å². The van der Waals surface area contributed by atoms with E-state index in [1.807, 2.05) is 25.1 Å². The number of benzene rings is 3. The number of halogens is 1. The van der Waals surface area contributed by atoms with Gasteiger partial charge >= 0.3 is 0 Å². The summed E-state index contributed by atoms with van der Waals surface area (Å²) >= 11 is 0. The second-order valence-corrected chi connectivity index (χ2v) is 17.3. The molecule has 2 fully saturated rings. The second-order valence-electron chi connectivity index (χ2n) is 17.3. The highest BCUT2D eigenvalue weighted by molar-refractivity contribution is 6.03. The Labute approximate surface area is 380 Å². The van der Waals surface area contributed by atoms with E-state index in [1.165, 1.54) is 24.3 Å². The number of ether oxygens (including phenoxy) is 4. The van der Waals surface area contributed by atoms with Gasteiger partial charge in [0.15, 0.2) is 0 Å². The summed E-state index contributed by atoms with van der Waals surface area (Å²) < 4.78 is 41.5. The molecule has 4 aliphatic rings. The fraction of sp³-hybridized carbons (Fsp3) is 0.490. The van der Waals surface area contributed by atoms with Crippen LogP contribution in [0, 0.1) is 33.7 Å². The summed E-state index contributed by atoms with van der Waals surface area (Å²) in [7, 11) is 0. The van der Waals surface area contributed by atoms with Crippen LogP contribution in [0.4, 0.5) is 10.1 Å². The maximum atomic E-state index is 14.8. The van der Waals surface area contributed by atoms with E-state index in [4.69, 9.17) is 28.9 Å². The Morgan fingerprint density at radius 2 is 1.85 bits per heavy atom. The number of nitrogens with zero attached hydrogens (tertiary/aromatic N) is 3. The average Bonchev–Trinajstić information content (AvgIpc) is 3.32. The predicted octanol–water partition coefficient (Wildman–Crippen LogP) is 9.43. The van der Waals surface area contributed by atoms with E-state index < -0.39 is 29.0 Å². The molecule has 2 aliphatic carbocycles. The number of carbonyl (C=O) groups is 1. The maximum Gasteiger partial charge on any atom is 0.269 e. The molecule has 13 nitrogen and oxygen atoms in total. The lowest BCUT2D eigenvalue weighted by molar-refractivity contribution is -0.384.